The van der Waals surface area contributed by atoms with Crippen LogP contribution >= 0.6 is 0 Å². The minimum Gasteiger partial charge on any atom is -0.357 e. The summed E-state index contributed by atoms with van der Waals surface area (Å²) in [5.41, 5.74) is 1.32. The van der Waals surface area contributed by atoms with Crippen LogP contribution in [0.1, 0.15) is 31.7 Å². The van der Waals surface area contributed by atoms with Crippen molar-refractivity contribution < 1.29 is 18.0 Å². The highest BCUT2D eigenvalue weighted by atomic mass is 19.4. The number of benzene rings is 1. The molecule has 1 aliphatic heterocycles. The average molecular weight is 398 g/mol. The molecule has 0 bridgehead atoms. The topological polar surface area (TPSA) is 47.9 Å². The summed E-state index contributed by atoms with van der Waals surface area (Å²) in [6, 6.07) is 10.4. The fraction of sp³-hybridized carbons (Fsp3) is 0.600. The molecule has 0 radical (unpaired) electrons. The number of piperidine rings is 1. The third-order valence-electron chi connectivity index (χ3n) is 4.97. The molecule has 2 rings (SSSR count). The van der Waals surface area contributed by atoms with Crippen molar-refractivity contribution in [3.8, 4) is 0 Å². The van der Waals surface area contributed by atoms with E-state index in [-0.39, 0.29) is 6.54 Å². The highest BCUT2D eigenvalue weighted by molar-refractivity contribution is 5.85. The van der Waals surface area contributed by atoms with E-state index >= 15 is 0 Å². The molecule has 0 aromatic heterocycles. The molecule has 0 aliphatic carbocycles. The molecule has 2 unspecified atom stereocenters. The van der Waals surface area contributed by atoms with Gasteiger partial charge in [0.15, 0.2) is 5.96 Å². The van der Waals surface area contributed by atoms with E-state index in [1.807, 2.05) is 25.1 Å². The Hall–Kier alpha value is -2.25. The second-order valence-electron chi connectivity index (χ2n) is 7.26. The Morgan fingerprint density at radius 3 is 2.57 bits per heavy atom. The van der Waals surface area contributed by atoms with Crippen LogP contribution in [0.25, 0.3) is 0 Å². The van der Waals surface area contributed by atoms with Crippen molar-refractivity contribution in [2.45, 2.75) is 32.4 Å². The second kappa shape index (κ2) is 9.80. The summed E-state index contributed by atoms with van der Waals surface area (Å²) < 4.78 is 37.3. The molecular weight excluding hydrogens is 369 g/mol. The van der Waals surface area contributed by atoms with Crippen LogP contribution in [0.2, 0.25) is 0 Å². The van der Waals surface area contributed by atoms with Gasteiger partial charge in [-0.3, -0.25) is 4.79 Å². The van der Waals surface area contributed by atoms with Crippen molar-refractivity contribution in [3.63, 3.8) is 0 Å². The van der Waals surface area contributed by atoms with Crippen LogP contribution in [-0.2, 0) is 4.79 Å². The van der Waals surface area contributed by atoms with Crippen molar-refractivity contribution in [2.24, 2.45) is 10.9 Å². The highest BCUT2D eigenvalue weighted by Crippen LogP contribution is 2.32. The van der Waals surface area contributed by atoms with Crippen LogP contribution in [0.5, 0.6) is 0 Å². The maximum absolute atomic E-state index is 12.4. The van der Waals surface area contributed by atoms with E-state index in [1.165, 1.54) is 5.56 Å². The Morgan fingerprint density at radius 1 is 1.32 bits per heavy atom. The molecular formula is C20H29F3N4O. The number of carbonyl (C=O) groups excluding carboxylic acids is 1. The van der Waals surface area contributed by atoms with Crippen LogP contribution in [0, 0.1) is 5.92 Å². The number of rotatable bonds is 5. The van der Waals surface area contributed by atoms with Crippen molar-refractivity contribution in [3.05, 3.63) is 35.9 Å². The number of carbonyl (C=O) groups is 1. The molecule has 1 heterocycles. The molecule has 1 amide bonds. The number of hydrogen-bond donors (Lipinski definition) is 1. The third-order valence-corrected chi connectivity index (χ3v) is 4.97. The Morgan fingerprint density at radius 2 is 2.00 bits per heavy atom. The van der Waals surface area contributed by atoms with Gasteiger partial charge in [0.25, 0.3) is 0 Å². The summed E-state index contributed by atoms with van der Waals surface area (Å²) in [6.45, 7) is 4.72. The van der Waals surface area contributed by atoms with Gasteiger partial charge in [0, 0.05) is 26.7 Å². The highest BCUT2D eigenvalue weighted by Gasteiger charge is 2.31. The summed E-state index contributed by atoms with van der Waals surface area (Å²) >= 11 is 0. The Labute approximate surface area is 164 Å². The monoisotopic (exact) mass is 398 g/mol. The smallest absolute Gasteiger partial charge is 0.357 e. The molecule has 8 heteroatoms. The predicted octanol–water partition coefficient (Wildman–Crippen LogP) is 3.10. The summed E-state index contributed by atoms with van der Waals surface area (Å²) in [6.07, 6.45) is -3.45. The van der Waals surface area contributed by atoms with Crippen LogP contribution in [0.3, 0.4) is 0 Å². The number of nitrogens with zero attached hydrogens (tertiary/aromatic N) is 3. The van der Waals surface area contributed by atoms with E-state index in [0.717, 1.165) is 26.6 Å². The van der Waals surface area contributed by atoms with Crippen molar-refractivity contribution in [1.29, 1.82) is 0 Å². The van der Waals surface area contributed by atoms with Crippen molar-refractivity contribution in [2.75, 3.05) is 39.8 Å². The number of nitrogens with one attached hydrogen (secondary N) is 1. The lowest BCUT2D eigenvalue weighted by Gasteiger charge is -2.39. The lowest BCUT2D eigenvalue weighted by atomic mass is 9.82. The molecule has 0 saturated carbocycles. The van der Waals surface area contributed by atoms with E-state index in [2.05, 4.69) is 34.3 Å². The number of halogens is 3. The lowest BCUT2D eigenvalue weighted by Crippen LogP contribution is -2.48. The first-order valence-corrected chi connectivity index (χ1v) is 9.60. The maximum atomic E-state index is 12.4. The second-order valence-corrected chi connectivity index (χ2v) is 7.26. The quantitative estimate of drug-likeness (QED) is 0.613. The minimum atomic E-state index is -4.41. The van der Waals surface area contributed by atoms with Gasteiger partial charge in [-0.1, -0.05) is 37.3 Å². The molecule has 1 aliphatic rings. The van der Waals surface area contributed by atoms with Crippen LogP contribution < -0.4 is 5.32 Å². The number of aliphatic imine (C=N–C) groups is 1. The molecule has 5 nitrogen and oxygen atoms in total. The number of alkyl halides is 3. The van der Waals surface area contributed by atoms with Gasteiger partial charge in [0.1, 0.15) is 13.1 Å². The first-order valence-electron chi connectivity index (χ1n) is 9.60. The molecule has 156 valence electrons. The normalized spacial score (nSPS) is 20.8. The number of likely N-dealkylation sites (tertiary alicyclic amines) is 1. The minimum absolute atomic E-state index is 0.304. The van der Waals surface area contributed by atoms with Crippen LogP contribution in [0.4, 0.5) is 13.2 Å². The number of amides is 1. The van der Waals surface area contributed by atoms with Crippen LogP contribution in [0.15, 0.2) is 35.3 Å². The molecule has 1 saturated heterocycles. The van der Waals surface area contributed by atoms with Gasteiger partial charge in [-0.15, -0.1) is 0 Å². The van der Waals surface area contributed by atoms with E-state index in [9.17, 15) is 18.0 Å². The Balaban J connectivity index is 2.00. The summed E-state index contributed by atoms with van der Waals surface area (Å²) in [7, 11) is 1.14. The zero-order chi connectivity index (χ0) is 20.7. The van der Waals surface area contributed by atoms with Gasteiger partial charge in [-0.25, -0.2) is 4.99 Å². The fourth-order valence-electron chi connectivity index (χ4n) is 3.58. The van der Waals surface area contributed by atoms with Crippen molar-refractivity contribution in [1.82, 2.24) is 15.1 Å². The van der Waals surface area contributed by atoms with Gasteiger partial charge in [-0.05, 0) is 30.7 Å². The number of hydrogen-bond acceptors (Lipinski definition) is 2. The van der Waals surface area contributed by atoms with Crippen LogP contribution in [-0.4, -0.2) is 67.6 Å². The van der Waals surface area contributed by atoms with Gasteiger partial charge in [-0.2, -0.15) is 13.2 Å². The van der Waals surface area contributed by atoms with Gasteiger partial charge in [0.05, 0.1) is 0 Å². The molecule has 1 aromatic carbocycles. The SMILES string of the molecule is CCNC(=NCC(=O)N(C)CC(F)(F)F)N1CCC(c2ccccc2)C(C)C1. The Kier molecular flexibility index (Phi) is 7.71. The predicted molar refractivity (Wildman–Crippen MR) is 104 cm³/mol. The first kappa shape index (κ1) is 22.0. The molecule has 0 spiro atoms. The van der Waals surface area contributed by atoms with E-state index in [0.29, 0.717) is 29.2 Å². The fourth-order valence-corrected chi connectivity index (χ4v) is 3.58. The number of likely N-dealkylation sites (N-methyl/N-ethyl adjacent to an activating group) is 1. The zero-order valence-corrected chi connectivity index (χ0v) is 16.7. The Bertz CT molecular complexity index is 663. The van der Waals surface area contributed by atoms with Gasteiger partial charge in [0.2, 0.25) is 5.91 Å². The maximum Gasteiger partial charge on any atom is 0.406 e. The zero-order valence-electron chi connectivity index (χ0n) is 16.7. The summed E-state index contributed by atoms with van der Waals surface area (Å²) in [5, 5.41) is 3.15. The van der Waals surface area contributed by atoms with Crippen molar-refractivity contribution >= 4 is 11.9 Å². The largest absolute Gasteiger partial charge is 0.406 e. The molecule has 1 aromatic rings. The third kappa shape index (κ3) is 6.42. The van der Waals surface area contributed by atoms with Gasteiger partial charge >= 0.3 is 6.18 Å². The van der Waals surface area contributed by atoms with Gasteiger partial charge < -0.3 is 15.1 Å². The molecule has 1 fully saturated rings. The number of guanidine groups is 1. The van der Waals surface area contributed by atoms with E-state index < -0.39 is 18.6 Å². The first-order chi connectivity index (χ1) is 13.2. The standard InChI is InChI=1S/C20H29F3N4O/c1-4-24-19(25-12-18(28)26(3)14-20(21,22)23)27-11-10-17(15(2)13-27)16-8-6-5-7-9-16/h5-9,15,17H,4,10-14H2,1-3H3,(H,24,25). The van der Waals surface area contributed by atoms with E-state index in [4.69, 9.17) is 0 Å². The average Bonchev–Trinajstić information content (AvgIpc) is 2.64. The lowest BCUT2D eigenvalue weighted by molar-refractivity contribution is -0.157. The molecule has 1 N–H and O–H groups in total. The summed E-state index contributed by atoms with van der Waals surface area (Å²) in [4.78, 5) is 19.0. The molecule has 28 heavy (non-hydrogen) atoms. The molecule has 2 atom stereocenters. The summed E-state index contributed by atoms with van der Waals surface area (Å²) in [5.74, 6) is 0.776. The van der Waals surface area contributed by atoms with E-state index in [1.54, 1.807) is 0 Å².